The van der Waals surface area contributed by atoms with Crippen LogP contribution in [0.2, 0.25) is 0 Å². The van der Waals surface area contributed by atoms with E-state index in [4.69, 9.17) is 0 Å². The Morgan fingerprint density at radius 3 is 2.69 bits per heavy atom. The van der Waals surface area contributed by atoms with Gasteiger partial charge in [0.05, 0.1) is 12.2 Å². The van der Waals surface area contributed by atoms with Gasteiger partial charge in [0, 0.05) is 5.56 Å². The summed E-state index contributed by atoms with van der Waals surface area (Å²) in [5, 5.41) is 8.10. The number of hydrogen-bond donors (Lipinski definition) is 0. The molecule has 1 aromatic rings. The Morgan fingerprint density at radius 2 is 2.00 bits per heavy atom. The van der Waals surface area contributed by atoms with Crippen LogP contribution in [-0.4, -0.2) is 0 Å². The van der Waals surface area contributed by atoms with E-state index in [0.29, 0.717) is 0 Å². The van der Waals surface area contributed by atoms with Crippen LogP contribution in [0.25, 0.3) is 0 Å². The van der Waals surface area contributed by atoms with Crippen LogP contribution >= 0.6 is 0 Å². The number of hydrogen-bond acceptors (Lipinski definition) is 2. The second kappa shape index (κ2) is 2.66. The van der Waals surface area contributed by atoms with Gasteiger partial charge in [-0.15, -0.1) is 0 Å². The summed E-state index contributed by atoms with van der Waals surface area (Å²) in [6.07, 6.45) is 0. The molecule has 0 unspecified atom stereocenters. The number of fused-ring (bicyclic) bond motifs is 1. The van der Waals surface area contributed by atoms with Gasteiger partial charge in [0.15, 0.2) is 0 Å². The molecule has 1 heterocycles. The number of nitrogens with zero attached hydrogens (tertiary/aromatic N) is 2. The maximum Gasteiger partial charge on any atom is 0.0906 e. The van der Waals surface area contributed by atoms with E-state index < -0.39 is 0 Å². The van der Waals surface area contributed by atoms with Gasteiger partial charge in [0.25, 0.3) is 0 Å². The van der Waals surface area contributed by atoms with Crippen molar-refractivity contribution in [2.45, 2.75) is 32.7 Å². The van der Waals surface area contributed by atoms with Gasteiger partial charge in [-0.25, -0.2) is 0 Å². The molecule has 0 N–H and O–H groups in total. The zero-order valence-corrected chi connectivity index (χ0v) is 8.33. The molecule has 0 radical (unpaired) electrons. The molecular weight excluding hydrogens is 160 g/mol. The van der Waals surface area contributed by atoms with Gasteiger partial charge in [-0.3, -0.25) is 0 Å². The molecule has 0 amide bonds. The average molecular weight is 174 g/mol. The van der Waals surface area contributed by atoms with Crippen molar-refractivity contribution < 1.29 is 0 Å². The lowest BCUT2D eigenvalue weighted by Crippen LogP contribution is -2.10. The van der Waals surface area contributed by atoms with Crippen molar-refractivity contribution in [3.8, 4) is 0 Å². The van der Waals surface area contributed by atoms with E-state index in [9.17, 15) is 0 Å². The molecule has 2 nitrogen and oxygen atoms in total. The van der Waals surface area contributed by atoms with Gasteiger partial charge in [-0.1, -0.05) is 32.9 Å². The van der Waals surface area contributed by atoms with Crippen molar-refractivity contribution in [1.82, 2.24) is 0 Å². The van der Waals surface area contributed by atoms with Gasteiger partial charge < -0.3 is 0 Å². The van der Waals surface area contributed by atoms with Crippen molar-refractivity contribution >= 4 is 5.69 Å². The van der Waals surface area contributed by atoms with Crippen LogP contribution < -0.4 is 0 Å². The van der Waals surface area contributed by atoms with E-state index in [1.807, 2.05) is 0 Å². The Labute approximate surface area is 78.7 Å². The Bertz CT molecular complexity index is 359. The second-order valence-corrected chi connectivity index (χ2v) is 4.49. The summed E-state index contributed by atoms with van der Waals surface area (Å²) in [6, 6.07) is 6.46. The summed E-state index contributed by atoms with van der Waals surface area (Å²) in [7, 11) is 0. The minimum Gasteiger partial charge on any atom is -0.184 e. The summed E-state index contributed by atoms with van der Waals surface area (Å²) in [5.74, 6) is 0. The lowest BCUT2D eigenvalue weighted by molar-refractivity contribution is 0.590. The second-order valence-electron chi connectivity index (χ2n) is 4.49. The molecule has 1 aromatic carbocycles. The molecule has 0 saturated heterocycles. The van der Waals surface area contributed by atoms with Crippen LogP contribution in [0.3, 0.4) is 0 Å². The summed E-state index contributed by atoms with van der Waals surface area (Å²) in [6.45, 7) is 7.38. The number of rotatable bonds is 0. The highest BCUT2D eigenvalue weighted by atomic mass is 15.1. The fraction of sp³-hybridized carbons (Fsp3) is 0.455. The zero-order valence-electron chi connectivity index (χ0n) is 8.33. The minimum absolute atomic E-state index is 0.202. The Hall–Kier alpha value is -1.18. The van der Waals surface area contributed by atoms with Gasteiger partial charge in [-0.2, -0.15) is 10.2 Å². The smallest absolute Gasteiger partial charge is 0.0906 e. The average Bonchev–Trinajstić information content (AvgIpc) is 2.47. The molecule has 13 heavy (non-hydrogen) atoms. The number of azo groups is 1. The highest BCUT2D eigenvalue weighted by Gasteiger charge is 2.16. The van der Waals surface area contributed by atoms with Crippen LogP contribution in [0.5, 0.6) is 0 Å². The Kier molecular flexibility index (Phi) is 1.72. The summed E-state index contributed by atoms with van der Waals surface area (Å²) in [4.78, 5) is 0. The first kappa shape index (κ1) is 8.42. The summed E-state index contributed by atoms with van der Waals surface area (Å²) in [5.41, 5.74) is 3.82. The van der Waals surface area contributed by atoms with Crippen molar-refractivity contribution in [3.63, 3.8) is 0 Å². The van der Waals surface area contributed by atoms with Gasteiger partial charge in [0.1, 0.15) is 0 Å². The van der Waals surface area contributed by atoms with Gasteiger partial charge in [-0.05, 0) is 17.0 Å². The van der Waals surface area contributed by atoms with Crippen LogP contribution in [0.1, 0.15) is 31.9 Å². The zero-order chi connectivity index (χ0) is 9.47. The molecule has 0 atom stereocenters. The molecule has 0 fully saturated rings. The minimum atomic E-state index is 0.202. The molecule has 68 valence electrons. The Balaban J connectivity index is 2.47. The normalized spacial score (nSPS) is 14.7. The topological polar surface area (TPSA) is 24.7 Å². The Morgan fingerprint density at radius 1 is 1.23 bits per heavy atom. The van der Waals surface area contributed by atoms with Crippen LogP contribution in [0, 0.1) is 0 Å². The van der Waals surface area contributed by atoms with Crippen LogP contribution in [-0.2, 0) is 12.0 Å². The van der Waals surface area contributed by atoms with Crippen molar-refractivity contribution in [2.75, 3.05) is 0 Å². The largest absolute Gasteiger partial charge is 0.184 e. The predicted octanol–water partition coefficient (Wildman–Crippen LogP) is 3.58. The van der Waals surface area contributed by atoms with E-state index in [2.05, 4.69) is 49.2 Å². The van der Waals surface area contributed by atoms with Gasteiger partial charge in [0.2, 0.25) is 0 Å². The predicted molar refractivity (Wildman–Crippen MR) is 53.4 cm³/mol. The van der Waals surface area contributed by atoms with Crippen LogP contribution in [0.4, 0.5) is 5.69 Å². The molecule has 0 aromatic heterocycles. The van der Waals surface area contributed by atoms with Gasteiger partial charge >= 0.3 is 0 Å². The maximum atomic E-state index is 4.10. The van der Waals surface area contributed by atoms with E-state index in [0.717, 1.165) is 12.2 Å². The third-order valence-corrected chi connectivity index (χ3v) is 2.37. The quantitative estimate of drug-likeness (QED) is 0.574. The fourth-order valence-electron chi connectivity index (χ4n) is 1.44. The first-order valence-corrected chi connectivity index (χ1v) is 4.58. The molecule has 2 rings (SSSR count). The molecule has 0 spiro atoms. The van der Waals surface area contributed by atoms with E-state index in [1.54, 1.807) is 0 Å². The molecule has 2 heteroatoms. The molecular formula is C11H14N2. The summed E-state index contributed by atoms with van der Waals surface area (Å²) < 4.78 is 0. The highest BCUT2D eigenvalue weighted by Crippen LogP contribution is 2.32. The lowest BCUT2D eigenvalue weighted by atomic mass is 9.86. The monoisotopic (exact) mass is 174 g/mol. The SMILES string of the molecule is CC(C)(C)c1ccc2c(c1)N=NC2. The molecule has 0 bridgehead atoms. The third-order valence-electron chi connectivity index (χ3n) is 2.37. The van der Waals surface area contributed by atoms with E-state index in [-0.39, 0.29) is 5.41 Å². The molecule has 0 saturated carbocycles. The third kappa shape index (κ3) is 1.48. The van der Waals surface area contributed by atoms with Crippen molar-refractivity contribution in [3.05, 3.63) is 29.3 Å². The van der Waals surface area contributed by atoms with Crippen LogP contribution in [0.15, 0.2) is 28.4 Å². The molecule has 1 aliphatic heterocycles. The summed E-state index contributed by atoms with van der Waals surface area (Å²) >= 11 is 0. The van der Waals surface area contributed by atoms with Crippen molar-refractivity contribution in [1.29, 1.82) is 0 Å². The highest BCUT2D eigenvalue weighted by molar-refractivity contribution is 5.51. The first-order valence-electron chi connectivity index (χ1n) is 4.58. The standard InChI is InChI=1S/C11H14N2/c1-11(2,3)9-5-4-8-7-12-13-10(8)6-9/h4-6H,7H2,1-3H3. The lowest BCUT2D eigenvalue weighted by Gasteiger charge is -2.19. The van der Waals surface area contributed by atoms with E-state index >= 15 is 0 Å². The number of benzene rings is 1. The van der Waals surface area contributed by atoms with E-state index in [1.165, 1.54) is 11.1 Å². The molecule has 1 aliphatic rings. The molecule has 0 aliphatic carbocycles. The maximum absolute atomic E-state index is 4.10. The fourth-order valence-corrected chi connectivity index (χ4v) is 1.44. The first-order chi connectivity index (χ1) is 6.07. The van der Waals surface area contributed by atoms with Crippen molar-refractivity contribution in [2.24, 2.45) is 10.2 Å².